The van der Waals surface area contributed by atoms with Crippen molar-refractivity contribution in [1.29, 1.82) is 0 Å². The summed E-state index contributed by atoms with van der Waals surface area (Å²) in [4.78, 5) is 23.1. The van der Waals surface area contributed by atoms with Crippen LogP contribution >= 0.6 is 0 Å². The largest absolute Gasteiger partial charge is 0.327 e. The summed E-state index contributed by atoms with van der Waals surface area (Å²) in [6.45, 7) is 1.70. The number of nitro groups is 1. The van der Waals surface area contributed by atoms with Gasteiger partial charge >= 0.3 is 5.70 Å². The number of nitrogens with two attached hydrogens (primary N) is 1. The van der Waals surface area contributed by atoms with Gasteiger partial charge in [0.1, 0.15) is 11.7 Å². The van der Waals surface area contributed by atoms with Crippen LogP contribution in [0.25, 0.3) is 0 Å². The zero-order valence-electron chi connectivity index (χ0n) is 14.9. The summed E-state index contributed by atoms with van der Waals surface area (Å²) < 4.78 is 13.0. The van der Waals surface area contributed by atoms with Gasteiger partial charge in [0, 0.05) is 11.6 Å². The lowest BCUT2D eigenvalue weighted by Crippen LogP contribution is -2.61. The van der Waals surface area contributed by atoms with Crippen molar-refractivity contribution in [3.05, 3.63) is 63.5 Å². The Hall–Kier alpha value is -3.41. The standard InChI is InChI=1S/C16H18FN9O2/c1-8(14-19-5-10(17)6-20-14)22-15-21-7-13(26(27)28)16(18,23-15)12-4-11(24-25-12)9-2-3-9/h4-9H,2-3,18H2,1H3,(H,24,25)(H2,21,22,23)/t8-,16?/m0/s1. The molecule has 2 aromatic rings. The maximum atomic E-state index is 13.0. The van der Waals surface area contributed by atoms with Crippen LogP contribution in [0.4, 0.5) is 4.39 Å². The Morgan fingerprint density at radius 1 is 1.43 bits per heavy atom. The Kier molecular flexibility index (Phi) is 4.26. The van der Waals surface area contributed by atoms with Crippen LogP contribution in [-0.4, -0.2) is 31.0 Å². The molecule has 0 spiro atoms. The first-order chi connectivity index (χ1) is 13.4. The molecule has 4 rings (SSSR count). The Morgan fingerprint density at radius 2 is 2.14 bits per heavy atom. The Balaban J connectivity index is 1.64. The van der Waals surface area contributed by atoms with Crippen molar-refractivity contribution in [2.24, 2.45) is 10.7 Å². The molecule has 1 unspecified atom stereocenters. The molecule has 2 atom stereocenters. The first-order valence-electron chi connectivity index (χ1n) is 8.66. The second-order valence-electron chi connectivity index (χ2n) is 6.76. The first kappa shape index (κ1) is 18.0. The molecule has 11 nitrogen and oxygen atoms in total. The molecule has 0 bridgehead atoms. The Bertz CT molecular complexity index is 967. The quantitative estimate of drug-likeness (QED) is 0.432. The van der Waals surface area contributed by atoms with E-state index in [1.807, 2.05) is 0 Å². The van der Waals surface area contributed by atoms with Crippen LogP contribution in [-0.2, 0) is 5.66 Å². The van der Waals surface area contributed by atoms with Crippen molar-refractivity contribution in [3.8, 4) is 0 Å². The molecule has 5 N–H and O–H groups in total. The maximum Gasteiger partial charge on any atom is 0.308 e. The van der Waals surface area contributed by atoms with E-state index in [4.69, 9.17) is 5.73 Å². The highest BCUT2D eigenvalue weighted by atomic mass is 19.1. The predicted molar refractivity (Wildman–Crippen MR) is 95.6 cm³/mol. The topological polar surface area (TPSA) is 160 Å². The van der Waals surface area contributed by atoms with E-state index in [1.165, 1.54) is 6.20 Å². The maximum absolute atomic E-state index is 13.0. The Labute approximate surface area is 158 Å². The van der Waals surface area contributed by atoms with E-state index in [9.17, 15) is 14.5 Å². The van der Waals surface area contributed by atoms with Gasteiger partial charge in [-0.2, -0.15) is 5.10 Å². The minimum atomic E-state index is -1.68. The molecular formula is C16H18FN9O2. The molecule has 1 saturated carbocycles. The Morgan fingerprint density at radius 3 is 2.79 bits per heavy atom. The monoisotopic (exact) mass is 387 g/mol. The van der Waals surface area contributed by atoms with Gasteiger partial charge in [-0.05, 0) is 25.8 Å². The smallest absolute Gasteiger partial charge is 0.308 e. The number of nitrogens with zero attached hydrogens (tertiary/aromatic N) is 5. The number of nitrogens with one attached hydrogen (secondary N) is 3. The summed E-state index contributed by atoms with van der Waals surface area (Å²) in [6.07, 6.45) is 5.37. The van der Waals surface area contributed by atoms with Gasteiger partial charge in [-0.15, -0.1) is 0 Å². The van der Waals surface area contributed by atoms with E-state index in [1.54, 1.807) is 13.0 Å². The van der Waals surface area contributed by atoms with Gasteiger partial charge in [0.05, 0.1) is 23.5 Å². The van der Waals surface area contributed by atoms with Crippen LogP contribution < -0.4 is 16.4 Å². The average molecular weight is 387 g/mol. The van der Waals surface area contributed by atoms with Crippen molar-refractivity contribution in [2.45, 2.75) is 37.4 Å². The molecule has 0 radical (unpaired) electrons. The van der Waals surface area contributed by atoms with E-state index in [2.05, 4.69) is 35.8 Å². The van der Waals surface area contributed by atoms with Crippen LogP contribution in [0.3, 0.4) is 0 Å². The molecule has 2 aromatic heterocycles. The zero-order chi connectivity index (χ0) is 19.9. The van der Waals surface area contributed by atoms with E-state index < -0.39 is 22.4 Å². The number of rotatable bonds is 5. The van der Waals surface area contributed by atoms with Crippen molar-refractivity contribution in [2.75, 3.05) is 0 Å². The number of halogens is 1. The summed E-state index contributed by atoms with van der Waals surface area (Å²) >= 11 is 0. The molecule has 3 heterocycles. The molecule has 1 aliphatic heterocycles. The van der Waals surface area contributed by atoms with Crippen molar-refractivity contribution in [1.82, 2.24) is 30.8 Å². The molecule has 12 heteroatoms. The molecule has 2 aliphatic rings. The van der Waals surface area contributed by atoms with Crippen molar-refractivity contribution in [3.63, 3.8) is 0 Å². The van der Waals surface area contributed by atoms with Gasteiger partial charge < -0.3 is 10.6 Å². The van der Waals surface area contributed by atoms with Gasteiger partial charge in [-0.1, -0.05) is 0 Å². The molecule has 0 aromatic carbocycles. The van der Waals surface area contributed by atoms with Gasteiger partial charge in [0.2, 0.25) is 5.66 Å². The summed E-state index contributed by atoms with van der Waals surface area (Å²) in [5.74, 6) is 0.310. The number of hydrogen-bond acceptors (Lipinski definition) is 7. The van der Waals surface area contributed by atoms with E-state index >= 15 is 0 Å². The van der Waals surface area contributed by atoms with E-state index in [0.717, 1.165) is 30.9 Å². The van der Waals surface area contributed by atoms with E-state index in [-0.39, 0.29) is 17.4 Å². The highest BCUT2D eigenvalue weighted by Crippen LogP contribution is 2.40. The van der Waals surface area contributed by atoms with Gasteiger partial charge in [-0.3, -0.25) is 20.9 Å². The number of aromatic nitrogens is 4. The number of guanidine groups is 1. The first-order valence-corrected chi connectivity index (χ1v) is 8.66. The normalized spacial score (nSPS) is 24.2. The average Bonchev–Trinajstić information content (AvgIpc) is 3.38. The van der Waals surface area contributed by atoms with Crippen LogP contribution in [0, 0.1) is 15.9 Å². The minimum absolute atomic E-state index is 0.185. The van der Waals surface area contributed by atoms with Crippen LogP contribution in [0.1, 0.15) is 48.9 Å². The zero-order valence-corrected chi connectivity index (χ0v) is 14.9. The number of aliphatic imine (C=N–C) groups is 1. The third-order valence-corrected chi connectivity index (χ3v) is 4.62. The number of aromatic amines is 1. The lowest BCUT2D eigenvalue weighted by atomic mass is 10.0. The lowest BCUT2D eigenvalue weighted by molar-refractivity contribution is -0.438. The predicted octanol–water partition coefficient (Wildman–Crippen LogP) is 0.756. The molecule has 0 saturated heterocycles. The highest BCUT2D eigenvalue weighted by molar-refractivity contribution is 5.83. The fourth-order valence-corrected chi connectivity index (χ4v) is 2.93. The minimum Gasteiger partial charge on any atom is -0.327 e. The van der Waals surface area contributed by atoms with Gasteiger partial charge in [-0.25, -0.2) is 19.4 Å². The summed E-state index contributed by atoms with van der Waals surface area (Å²) in [5.41, 5.74) is 5.59. The second kappa shape index (κ2) is 6.64. The molecule has 146 valence electrons. The summed E-state index contributed by atoms with van der Waals surface area (Å²) in [6, 6.07) is 1.18. The molecule has 28 heavy (non-hydrogen) atoms. The van der Waals surface area contributed by atoms with Crippen LogP contribution in [0.15, 0.2) is 35.3 Å². The SMILES string of the molecule is C[C@H](N=C1NC=C([N+](=O)[O-])C(N)(c2cc(C3CC3)[nH]n2)N1)c1ncc(F)cn1. The van der Waals surface area contributed by atoms with Crippen molar-refractivity contribution >= 4 is 5.96 Å². The summed E-state index contributed by atoms with van der Waals surface area (Å²) in [5, 5.41) is 24.2. The highest BCUT2D eigenvalue weighted by Gasteiger charge is 2.47. The molecule has 1 fully saturated rings. The third kappa shape index (κ3) is 3.29. The fourth-order valence-electron chi connectivity index (χ4n) is 2.93. The third-order valence-electron chi connectivity index (χ3n) is 4.62. The van der Waals surface area contributed by atoms with Crippen molar-refractivity contribution < 1.29 is 9.31 Å². The number of H-pyrrole nitrogens is 1. The second-order valence-corrected chi connectivity index (χ2v) is 6.76. The molecular weight excluding hydrogens is 369 g/mol. The number of hydrogen-bond donors (Lipinski definition) is 4. The fraction of sp³-hybridized carbons (Fsp3) is 0.375. The van der Waals surface area contributed by atoms with Gasteiger partial charge in [0.15, 0.2) is 17.6 Å². The van der Waals surface area contributed by atoms with E-state index in [0.29, 0.717) is 11.7 Å². The summed E-state index contributed by atoms with van der Waals surface area (Å²) in [7, 11) is 0. The van der Waals surface area contributed by atoms with Gasteiger partial charge in [0.25, 0.3) is 0 Å². The lowest BCUT2D eigenvalue weighted by Gasteiger charge is -2.31. The molecule has 1 aliphatic carbocycles. The molecule has 0 amide bonds. The van der Waals surface area contributed by atoms with Crippen LogP contribution in [0.5, 0.6) is 0 Å². The van der Waals surface area contributed by atoms with Crippen LogP contribution in [0.2, 0.25) is 0 Å².